The molecule has 2 aromatic rings. The smallest absolute Gasteiger partial charge is 0.261 e. The molecule has 2 amide bonds. The predicted molar refractivity (Wildman–Crippen MR) is 108 cm³/mol. The third-order valence-electron chi connectivity index (χ3n) is 4.31. The molecule has 1 aliphatic carbocycles. The minimum atomic E-state index is -0.392. The first kappa shape index (κ1) is 18.3. The van der Waals surface area contributed by atoms with Crippen molar-refractivity contribution in [3.8, 4) is 0 Å². The van der Waals surface area contributed by atoms with E-state index in [9.17, 15) is 9.59 Å². The van der Waals surface area contributed by atoms with E-state index in [0.29, 0.717) is 23.8 Å². The average molecular weight is 394 g/mol. The third-order valence-corrected chi connectivity index (χ3v) is 5.16. The van der Waals surface area contributed by atoms with Crippen LogP contribution in [0.3, 0.4) is 0 Å². The topological polar surface area (TPSA) is 101 Å². The first-order valence-corrected chi connectivity index (χ1v) is 9.93. The van der Waals surface area contributed by atoms with Crippen LogP contribution >= 0.6 is 11.8 Å². The number of nitrogens with one attached hydrogen (secondary N) is 1. The van der Waals surface area contributed by atoms with Gasteiger partial charge in [0.2, 0.25) is 5.91 Å². The number of nitrogens with zero attached hydrogens (tertiary/aromatic N) is 5. The fraction of sp³-hybridized carbons (Fsp3) is 0.263. The highest BCUT2D eigenvalue weighted by molar-refractivity contribution is 8.14. The van der Waals surface area contributed by atoms with Gasteiger partial charge in [0.1, 0.15) is 11.7 Å². The van der Waals surface area contributed by atoms with Crippen molar-refractivity contribution in [1.82, 2.24) is 19.9 Å². The van der Waals surface area contributed by atoms with Gasteiger partial charge in [0.05, 0.1) is 11.5 Å². The van der Waals surface area contributed by atoms with Crippen LogP contribution in [0.4, 0.5) is 0 Å². The summed E-state index contributed by atoms with van der Waals surface area (Å²) in [6.45, 7) is 0.538. The molecule has 0 radical (unpaired) electrons. The number of amidine groups is 1. The zero-order chi connectivity index (χ0) is 19.3. The van der Waals surface area contributed by atoms with E-state index in [4.69, 9.17) is 0 Å². The van der Waals surface area contributed by atoms with Crippen LogP contribution in [0.15, 0.2) is 58.7 Å². The van der Waals surface area contributed by atoms with Crippen LogP contribution in [0, 0.1) is 5.92 Å². The maximum Gasteiger partial charge on any atom is 0.261 e. The molecule has 0 saturated heterocycles. The number of aryl methyl sites for hydroxylation is 1. The summed E-state index contributed by atoms with van der Waals surface area (Å²) >= 11 is 1.17. The second-order valence-electron chi connectivity index (χ2n) is 6.28. The van der Waals surface area contributed by atoms with Crippen molar-refractivity contribution in [3.63, 3.8) is 0 Å². The average Bonchev–Trinajstić information content (AvgIpc) is 3.13. The lowest BCUT2D eigenvalue weighted by atomic mass is 9.97. The number of aliphatic imine (C=N–C) groups is 2. The number of aromatic nitrogens is 3. The zero-order valence-corrected chi connectivity index (χ0v) is 15.8. The second-order valence-corrected chi connectivity index (χ2v) is 7.22. The molecule has 1 N–H and O–H groups in total. The summed E-state index contributed by atoms with van der Waals surface area (Å²) in [5.41, 5.74) is 1.49. The number of amides is 2. The Kier molecular flexibility index (Phi) is 5.43. The summed E-state index contributed by atoms with van der Waals surface area (Å²) in [6, 6.07) is 5.75. The third kappa shape index (κ3) is 4.09. The number of carbonyl (C=O) groups excluding carboxylic acids is 2. The number of hydrogen-bond donors (Lipinski definition) is 1. The highest BCUT2D eigenvalue weighted by Crippen LogP contribution is 2.20. The van der Waals surface area contributed by atoms with Crippen molar-refractivity contribution in [2.24, 2.45) is 15.9 Å². The van der Waals surface area contributed by atoms with E-state index in [1.54, 1.807) is 12.2 Å². The molecule has 0 saturated carbocycles. The SMILES string of the molecule is O=C(CSC1=NC(=O)C2C=CC=CC2=N1)NCCCc1nnc2ccccn12. The van der Waals surface area contributed by atoms with E-state index >= 15 is 0 Å². The van der Waals surface area contributed by atoms with Gasteiger partial charge in [0.25, 0.3) is 5.91 Å². The molecule has 2 aliphatic rings. The van der Waals surface area contributed by atoms with Crippen LogP contribution in [-0.2, 0) is 16.0 Å². The molecular formula is C19H18N6O2S. The highest BCUT2D eigenvalue weighted by Gasteiger charge is 2.26. The van der Waals surface area contributed by atoms with E-state index < -0.39 is 5.92 Å². The maximum absolute atomic E-state index is 12.0. The molecular weight excluding hydrogens is 376 g/mol. The van der Waals surface area contributed by atoms with Gasteiger partial charge in [-0.2, -0.15) is 4.99 Å². The molecule has 1 unspecified atom stereocenters. The zero-order valence-electron chi connectivity index (χ0n) is 15.0. The van der Waals surface area contributed by atoms with Gasteiger partial charge >= 0.3 is 0 Å². The Morgan fingerprint density at radius 2 is 2.14 bits per heavy atom. The lowest BCUT2D eigenvalue weighted by Gasteiger charge is -2.17. The fourth-order valence-electron chi connectivity index (χ4n) is 2.93. The number of allylic oxidation sites excluding steroid dienone is 3. The molecule has 142 valence electrons. The minimum Gasteiger partial charge on any atom is -0.355 e. The lowest BCUT2D eigenvalue weighted by molar-refractivity contribution is -0.119. The van der Waals surface area contributed by atoms with Crippen LogP contribution < -0.4 is 5.32 Å². The van der Waals surface area contributed by atoms with Crippen molar-refractivity contribution in [3.05, 3.63) is 54.5 Å². The van der Waals surface area contributed by atoms with E-state index in [2.05, 4.69) is 25.5 Å². The van der Waals surface area contributed by atoms with Crippen LogP contribution in [0.25, 0.3) is 5.65 Å². The molecule has 0 fully saturated rings. The van der Waals surface area contributed by atoms with E-state index in [1.807, 2.05) is 40.9 Å². The van der Waals surface area contributed by atoms with Crippen LogP contribution in [0.1, 0.15) is 12.2 Å². The number of pyridine rings is 1. The summed E-state index contributed by atoms with van der Waals surface area (Å²) in [5, 5.41) is 11.5. The van der Waals surface area contributed by atoms with Gasteiger partial charge in [-0.3, -0.25) is 14.0 Å². The normalized spacial score (nSPS) is 18.0. The van der Waals surface area contributed by atoms with E-state index in [-0.39, 0.29) is 17.6 Å². The van der Waals surface area contributed by atoms with Crippen LogP contribution in [-0.4, -0.2) is 49.6 Å². The van der Waals surface area contributed by atoms with Gasteiger partial charge in [-0.25, -0.2) is 4.99 Å². The predicted octanol–water partition coefficient (Wildman–Crippen LogP) is 1.59. The summed E-state index contributed by atoms with van der Waals surface area (Å²) < 4.78 is 1.94. The summed E-state index contributed by atoms with van der Waals surface area (Å²) in [5.74, 6) is 0.286. The number of fused-ring (bicyclic) bond motifs is 2. The Labute approximate surface area is 165 Å². The molecule has 0 spiro atoms. The molecule has 4 rings (SSSR count). The van der Waals surface area contributed by atoms with Crippen molar-refractivity contribution < 1.29 is 9.59 Å². The summed E-state index contributed by atoms with van der Waals surface area (Å²) in [7, 11) is 0. The van der Waals surface area contributed by atoms with Gasteiger partial charge in [0, 0.05) is 19.2 Å². The van der Waals surface area contributed by atoms with E-state index in [0.717, 1.165) is 17.9 Å². The largest absolute Gasteiger partial charge is 0.355 e. The Hall–Kier alpha value is -3.07. The molecule has 3 heterocycles. The second kappa shape index (κ2) is 8.30. The monoisotopic (exact) mass is 394 g/mol. The van der Waals surface area contributed by atoms with Gasteiger partial charge < -0.3 is 5.32 Å². The molecule has 0 aromatic carbocycles. The molecule has 2 aromatic heterocycles. The van der Waals surface area contributed by atoms with Gasteiger partial charge in [-0.15, -0.1) is 10.2 Å². The van der Waals surface area contributed by atoms with Crippen molar-refractivity contribution >= 4 is 40.1 Å². The van der Waals surface area contributed by atoms with E-state index in [1.165, 1.54) is 11.8 Å². The number of carbonyl (C=O) groups is 2. The quantitative estimate of drug-likeness (QED) is 0.750. The van der Waals surface area contributed by atoms with Crippen LogP contribution in [0.5, 0.6) is 0 Å². The lowest BCUT2D eigenvalue weighted by Crippen LogP contribution is -2.29. The molecule has 1 atom stereocenters. The molecule has 8 nitrogen and oxygen atoms in total. The maximum atomic E-state index is 12.0. The number of hydrogen-bond acceptors (Lipinski definition) is 6. The van der Waals surface area contributed by atoms with Crippen molar-refractivity contribution in [2.75, 3.05) is 12.3 Å². The number of thioether (sulfide) groups is 1. The first-order chi connectivity index (χ1) is 13.7. The Balaban J connectivity index is 1.21. The van der Waals surface area contributed by atoms with Gasteiger partial charge in [-0.1, -0.05) is 36.1 Å². The molecule has 9 heteroatoms. The van der Waals surface area contributed by atoms with Crippen molar-refractivity contribution in [1.29, 1.82) is 0 Å². The molecule has 0 bridgehead atoms. The summed E-state index contributed by atoms with van der Waals surface area (Å²) in [4.78, 5) is 32.4. The Bertz CT molecular complexity index is 1040. The number of rotatable bonds is 6. The summed E-state index contributed by atoms with van der Waals surface area (Å²) in [6.07, 6.45) is 10.6. The Morgan fingerprint density at radius 3 is 3.07 bits per heavy atom. The Morgan fingerprint density at radius 1 is 1.21 bits per heavy atom. The van der Waals surface area contributed by atoms with Gasteiger partial charge in [0.15, 0.2) is 10.8 Å². The minimum absolute atomic E-state index is 0.118. The molecule has 28 heavy (non-hydrogen) atoms. The van der Waals surface area contributed by atoms with Gasteiger partial charge in [-0.05, 0) is 24.6 Å². The first-order valence-electron chi connectivity index (χ1n) is 8.95. The van der Waals surface area contributed by atoms with Crippen molar-refractivity contribution in [2.45, 2.75) is 12.8 Å². The molecule has 1 aliphatic heterocycles. The highest BCUT2D eigenvalue weighted by atomic mass is 32.2. The standard InChI is InChI=1S/C19H18N6O2S/c26-17(12-28-19-21-14-7-2-1-6-13(14)18(27)22-19)20-10-5-9-16-24-23-15-8-3-4-11-25(15)16/h1-4,6-8,11,13H,5,9-10,12H2,(H,20,26). The fourth-order valence-corrected chi connectivity index (χ4v) is 3.61. The van der Waals surface area contributed by atoms with Crippen LogP contribution in [0.2, 0.25) is 0 Å².